The van der Waals surface area contributed by atoms with Gasteiger partial charge >= 0.3 is 0 Å². The van der Waals surface area contributed by atoms with Crippen LogP contribution in [0.5, 0.6) is 0 Å². The SMILES string of the molecule is NC1C2CCCC1CC(C(=O)NCCN1CCCC1)C2. The van der Waals surface area contributed by atoms with Crippen LogP contribution in [0.15, 0.2) is 0 Å². The van der Waals surface area contributed by atoms with Crippen molar-refractivity contribution in [3.05, 3.63) is 0 Å². The zero-order chi connectivity index (χ0) is 13.9. The normalized spacial score (nSPS) is 37.9. The summed E-state index contributed by atoms with van der Waals surface area (Å²) < 4.78 is 0. The predicted molar refractivity (Wildman–Crippen MR) is 80.2 cm³/mol. The van der Waals surface area contributed by atoms with Crippen molar-refractivity contribution < 1.29 is 4.79 Å². The molecule has 3 aliphatic rings. The smallest absolute Gasteiger partial charge is 0.223 e. The van der Waals surface area contributed by atoms with Gasteiger partial charge in [0.15, 0.2) is 0 Å². The number of rotatable bonds is 4. The summed E-state index contributed by atoms with van der Waals surface area (Å²) in [5.74, 6) is 1.70. The summed E-state index contributed by atoms with van der Waals surface area (Å²) in [6.07, 6.45) is 8.45. The second-order valence-electron chi connectivity index (χ2n) is 7.04. The van der Waals surface area contributed by atoms with Crippen molar-refractivity contribution in [3.8, 4) is 0 Å². The highest BCUT2D eigenvalue weighted by Crippen LogP contribution is 2.41. The van der Waals surface area contributed by atoms with Crippen molar-refractivity contribution in [2.75, 3.05) is 26.2 Å². The molecule has 3 fully saturated rings. The number of nitrogens with zero attached hydrogens (tertiary/aromatic N) is 1. The van der Waals surface area contributed by atoms with Gasteiger partial charge in [0.25, 0.3) is 0 Å². The van der Waals surface area contributed by atoms with Crippen molar-refractivity contribution in [1.29, 1.82) is 0 Å². The Hall–Kier alpha value is -0.610. The summed E-state index contributed by atoms with van der Waals surface area (Å²) in [4.78, 5) is 14.8. The maximum Gasteiger partial charge on any atom is 0.223 e. The third kappa shape index (κ3) is 3.17. The molecule has 0 aromatic heterocycles. The lowest BCUT2D eigenvalue weighted by molar-refractivity contribution is -0.127. The van der Waals surface area contributed by atoms with E-state index in [1.807, 2.05) is 0 Å². The first kappa shape index (κ1) is 14.3. The molecule has 4 heteroatoms. The van der Waals surface area contributed by atoms with Crippen LogP contribution in [0.4, 0.5) is 0 Å². The van der Waals surface area contributed by atoms with Crippen LogP contribution in [-0.2, 0) is 4.79 Å². The molecule has 3 rings (SSSR count). The lowest BCUT2D eigenvalue weighted by Gasteiger charge is -2.43. The number of carbonyl (C=O) groups is 1. The molecule has 3 N–H and O–H groups in total. The fourth-order valence-electron chi connectivity index (χ4n) is 4.49. The Kier molecular flexibility index (Phi) is 4.61. The molecule has 20 heavy (non-hydrogen) atoms. The van der Waals surface area contributed by atoms with Crippen molar-refractivity contribution in [2.45, 2.75) is 51.0 Å². The maximum absolute atomic E-state index is 12.3. The van der Waals surface area contributed by atoms with E-state index in [2.05, 4.69) is 10.2 Å². The maximum atomic E-state index is 12.3. The third-order valence-electron chi connectivity index (χ3n) is 5.71. The molecular formula is C16H29N3O. The number of carbonyl (C=O) groups excluding carboxylic acids is 1. The van der Waals surface area contributed by atoms with E-state index >= 15 is 0 Å². The van der Waals surface area contributed by atoms with Gasteiger partial charge in [-0.3, -0.25) is 4.79 Å². The summed E-state index contributed by atoms with van der Waals surface area (Å²) in [6, 6.07) is 0.359. The monoisotopic (exact) mass is 279 g/mol. The van der Waals surface area contributed by atoms with E-state index in [1.54, 1.807) is 0 Å². The van der Waals surface area contributed by atoms with Crippen molar-refractivity contribution in [3.63, 3.8) is 0 Å². The van der Waals surface area contributed by atoms with E-state index in [-0.39, 0.29) is 11.8 Å². The number of hydrogen-bond acceptors (Lipinski definition) is 3. The Morgan fingerprint density at radius 1 is 1.10 bits per heavy atom. The van der Waals surface area contributed by atoms with Crippen LogP contribution in [0.3, 0.4) is 0 Å². The van der Waals surface area contributed by atoms with Gasteiger partial charge in [0.1, 0.15) is 0 Å². The van der Waals surface area contributed by atoms with Gasteiger partial charge in [-0.05, 0) is 63.5 Å². The van der Waals surface area contributed by atoms with Crippen LogP contribution >= 0.6 is 0 Å². The molecule has 2 bridgehead atoms. The molecule has 1 aliphatic heterocycles. The number of fused-ring (bicyclic) bond motifs is 2. The number of nitrogens with two attached hydrogens (primary N) is 1. The highest BCUT2D eigenvalue weighted by molar-refractivity contribution is 5.78. The van der Waals surface area contributed by atoms with Gasteiger partial charge in [0.2, 0.25) is 5.91 Å². The van der Waals surface area contributed by atoms with E-state index in [0.29, 0.717) is 17.9 Å². The highest BCUT2D eigenvalue weighted by Gasteiger charge is 2.40. The molecule has 1 amide bonds. The van der Waals surface area contributed by atoms with Crippen molar-refractivity contribution in [1.82, 2.24) is 10.2 Å². The first-order valence-electron chi connectivity index (χ1n) is 8.49. The second-order valence-corrected chi connectivity index (χ2v) is 7.04. The lowest BCUT2D eigenvalue weighted by Crippen LogP contribution is -2.49. The van der Waals surface area contributed by atoms with Crippen LogP contribution < -0.4 is 11.1 Å². The van der Waals surface area contributed by atoms with Gasteiger partial charge in [-0.1, -0.05) is 6.42 Å². The number of nitrogens with one attached hydrogen (secondary N) is 1. The Balaban J connectivity index is 1.43. The molecule has 0 radical (unpaired) electrons. The Morgan fingerprint density at radius 3 is 2.40 bits per heavy atom. The van der Waals surface area contributed by atoms with Crippen LogP contribution in [-0.4, -0.2) is 43.0 Å². The zero-order valence-electron chi connectivity index (χ0n) is 12.5. The molecule has 114 valence electrons. The fraction of sp³-hybridized carbons (Fsp3) is 0.938. The van der Waals surface area contributed by atoms with Gasteiger partial charge in [-0.2, -0.15) is 0 Å². The summed E-state index contributed by atoms with van der Waals surface area (Å²) in [7, 11) is 0. The molecule has 0 aromatic carbocycles. The van der Waals surface area contributed by atoms with Gasteiger partial charge in [-0.25, -0.2) is 0 Å². The number of amides is 1. The molecular weight excluding hydrogens is 250 g/mol. The fourth-order valence-corrected chi connectivity index (χ4v) is 4.49. The van der Waals surface area contributed by atoms with Gasteiger partial charge in [0.05, 0.1) is 0 Å². The van der Waals surface area contributed by atoms with Gasteiger partial charge < -0.3 is 16.0 Å². The van der Waals surface area contributed by atoms with E-state index in [1.165, 1.54) is 45.2 Å². The molecule has 2 saturated carbocycles. The summed E-state index contributed by atoms with van der Waals surface area (Å²) >= 11 is 0. The Bertz CT molecular complexity index is 327. The molecule has 0 spiro atoms. The van der Waals surface area contributed by atoms with E-state index in [4.69, 9.17) is 5.73 Å². The summed E-state index contributed by atoms with van der Waals surface area (Å²) in [5, 5.41) is 3.16. The standard InChI is InChI=1S/C16H29N3O/c17-15-12-4-3-5-13(15)11-14(10-12)16(20)18-6-9-19-7-1-2-8-19/h12-15H,1-11,17H2,(H,18,20). The van der Waals surface area contributed by atoms with Crippen LogP contribution in [0.2, 0.25) is 0 Å². The minimum absolute atomic E-state index is 0.226. The van der Waals surface area contributed by atoms with Crippen LogP contribution in [0, 0.1) is 17.8 Å². The van der Waals surface area contributed by atoms with Crippen molar-refractivity contribution >= 4 is 5.91 Å². The predicted octanol–water partition coefficient (Wildman–Crippen LogP) is 1.35. The zero-order valence-corrected chi connectivity index (χ0v) is 12.5. The Labute approximate surface area is 122 Å². The molecule has 2 unspecified atom stereocenters. The molecule has 0 aromatic rings. The van der Waals surface area contributed by atoms with E-state index in [0.717, 1.165) is 25.9 Å². The third-order valence-corrected chi connectivity index (χ3v) is 5.71. The minimum atomic E-state index is 0.226. The van der Waals surface area contributed by atoms with Crippen LogP contribution in [0.25, 0.3) is 0 Å². The van der Waals surface area contributed by atoms with E-state index < -0.39 is 0 Å². The molecule has 1 heterocycles. The summed E-state index contributed by atoms with van der Waals surface area (Å²) in [5.41, 5.74) is 6.29. The molecule has 4 nitrogen and oxygen atoms in total. The first-order valence-corrected chi connectivity index (χ1v) is 8.49. The molecule has 1 saturated heterocycles. The van der Waals surface area contributed by atoms with Gasteiger partial charge in [-0.15, -0.1) is 0 Å². The van der Waals surface area contributed by atoms with Crippen LogP contribution in [0.1, 0.15) is 44.9 Å². The molecule has 2 aliphatic carbocycles. The quantitative estimate of drug-likeness (QED) is 0.817. The average molecular weight is 279 g/mol. The second kappa shape index (κ2) is 6.44. The minimum Gasteiger partial charge on any atom is -0.355 e. The molecule has 2 atom stereocenters. The largest absolute Gasteiger partial charge is 0.355 e. The number of likely N-dealkylation sites (tertiary alicyclic amines) is 1. The topological polar surface area (TPSA) is 58.4 Å². The van der Waals surface area contributed by atoms with Gasteiger partial charge in [0, 0.05) is 25.0 Å². The number of hydrogen-bond donors (Lipinski definition) is 2. The first-order chi connectivity index (χ1) is 9.74. The highest BCUT2D eigenvalue weighted by atomic mass is 16.1. The summed E-state index contributed by atoms with van der Waals surface area (Å²) in [6.45, 7) is 4.25. The average Bonchev–Trinajstić information content (AvgIpc) is 2.91. The lowest BCUT2D eigenvalue weighted by atomic mass is 9.65. The van der Waals surface area contributed by atoms with Crippen molar-refractivity contribution in [2.24, 2.45) is 23.5 Å². The van der Waals surface area contributed by atoms with E-state index in [9.17, 15) is 4.79 Å². The Morgan fingerprint density at radius 2 is 1.75 bits per heavy atom.